The van der Waals surface area contributed by atoms with Gasteiger partial charge in [-0.3, -0.25) is 0 Å². The molecule has 1 aromatic heterocycles. The summed E-state index contributed by atoms with van der Waals surface area (Å²) in [7, 11) is -2.54. The molecule has 1 fully saturated rings. The summed E-state index contributed by atoms with van der Waals surface area (Å²) in [6.07, 6.45) is 3.62. The second-order valence-corrected chi connectivity index (χ2v) is 16.7. The minimum atomic E-state index is -2.54. The maximum atomic E-state index is 12.2. The number of H-pyrrole nitrogens is 1. The van der Waals surface area contributed by atoms with Crippen molar-refractivity contribution in [1.82, 2.24) is 9.55 Å². The molecule has 2 aromatic carbocycles. The van der Waals surface area contributed by atoms with Crippen LogP contribution in [-0.4, -0.2) is 39.4 Å². The van der Waals surface area contributed by atoms with Crippen LogP contribution in [0.5, 0.6) is 0 Å². The van der Waals surface area contributed by atoms with E-state index in [2.05, 4.69) is 86.4 Å². The van der Waals surface area contributed by atoms with E-state index in [-0.39, 0.29) is 36.2 Å². The van der Waals surface area contributed by atoms with E-state index in [1.807, 2.05) is 0 Å². The Hall–Kier alpha value is -2.18. The Morgan fingerprint density at radius 1 is 0.969 bits per heavy atom. The third-order valence-corrected chi connectivity index (χ3v) is 14.4. The minimum absolute atomic E-state index is 0.0451. The molecule has 2 atom stereocenters. The van der Waals surface area contributed by atoms with Gasteiger partial charge in [0.15, 0.2) is 0 Å². The van der Waals surface area contributed by atoms with Crippen molar-refractivity contribution in [1.29, 1.82) is 0 Å². The Labute approximate surface area is 196 Å². The summed E-state index contributed by atoms with van der Waals surface area (Å²) in [5.41, 5.74) is -0.652. The molecular weight excluding hydrogens is 483 g/mol. The summed E-state index contributed by atoms with van der Waals surface area (Å²) < 4.78 is 8.79. The molecule has 0 spiro atoms. The van der Waals surface area contributed by atoms with Crippen molar-refractivity contribution in [3.63, 3.8) is 0 Å². The number of benzene rings is 2. The number of hydrogen-bond acceptors (Lipinski definition) is 3. The SMILES string of the molecule is CC(C)(C)[Si](OC[C@H]1CC[C@H](n2ccc(=O)[nH]c2=O)[Se]1)(c1ccccc1)c1ccccc1. The molecule has 1 N–H and O–H groups in total. The van der Waals surface area contributed by atoms with Crippen molar-refractivity contribution >= 4 is 33.6 Å². The van der Waals surface area contributed by atoms with Gasteiger partial charge in [-0.2, -0.15) is 0 Å². The first-order valence-corrected chi connectivity index (χ1v) is 14.9. The zero-order valence-corrected chi connectivity index (χ0v) is 21.5. The van der Waals surface area contributed by atoms with Gasteiger partial charge in [-0.05, 0) is 0 Å². The van der Waals surface area contributed by atoms with Gasteiger partial charge < -0.3 is 0 Å². The molecule has 1 aliphatic heterocycles. The maximum absolute atomic E-state index is 12.2. The molecule has 0 saturated carbocycles. The van der Waals surface area contributed by atoms with Crippen molar-refractivity contribution in [3.05, 3.63) is 93.8 Å². The summed E-state index contributed by atoms with van der Waals surface area (Å²) in [5, 5.41) is 2.53. The average Bonchev–Trinajstić information content (AvgIpc) is 3.23. The van der Waals surface area contributed by atoms with Crippen LogP contribution in [0, 0.1) is 0 Å². The van der Waals surface area contributed by atoms with E-state index in [1.54, 1.807) is 10.8 Å². The second-order valence-electron chi connectivity index (χ2n) is 9.28. The third kappa shape index (κ3) is 4.48. The van der Waals surface area contributed by atoms with Crippen LogP contribution < -0.4 is 21.6 Å². The molecule has 0 aliphatic carbocycles. The van der Waals surface area contributed by atoms with Crippen LogP contribution in [-0.2, 0) is 4.43 Å². The van der Waals surface area contributed by atoms with E-state index in [4.69, 9.17) is 4.43 Å². The molecule has 168 valence electrons. The number of aromatic amines is 1. The van der Waals surface area contributed by atoms with Crippen LogP contribution >= 0.6 is 0 Å². The van der Waals surface area contributed by atoms with Crippen LogP contribution in [0.25, 0.3) is 0 Å². The summed E-state index contributed by atoms with van der Waals surface area (Å²) in [4.78, 5) is 26.7. The summed E-state index contributed by atoms with van der Waals surface area (Å²) in [5.74, 6) is 0. The molecule has 0 amide bonds. The predicted octanol–water partition coefficient (Wildman–Crippen LogP) is 2.90. The Balaban J connectivity index is 1.62. The molecule has 0 unspecified atom stereocenters. The molecule has 5 nitrogen and oxygen atoms in total. The van der Waals surface area contributed by atoms with E-state index in [1.165, 1.54) is 16.4 Å². The van der Waals surface area contributed by atoms with E-state index in [9.17, 15) is 9.59 Å². The topological polar surface area (TPSA) is 64.1 Å². The van der Waals surface area contributed by atoms with Crippen molar-refractivity contribution in [2.45, 2.75) is 48.4 Å². The van der Waals surface area contributed by atoms with Gasteiger partial charge in [-0.25, -0.2) is 0 Å². The summed E-state index contributed by atoms with van der Waals surface area (Å²) in [6.45, 7) is 7.58. The van der Waals surface area contributed by atoms with Gasteiger partial charge in [-0.1, -0.05) is 0 Å². The van der Waals surface area contributed by atoms with Crippen molar-refractivity contribution in [3.8, 4) is 0 Å². The molecular formula is C25H30N2O3SeSi. The van der Waals surface area contributed by atoms with Crippen LogP contribution in [0.4, 0.5) is 0 Å². The van der Waals surface area contributed by atoms with Gasteiger partial charge in [-0.15, -0.1) is 0 Å². The van der Waals surface area contributed by atoms with E-state index >= 15 is 0 Å². The van der Waals surface area contributed by atoms with E-state index < -0.39 is 8.32 Å². The van der Waals surface area contributed by atoms with Crippen LogP contribution in [0.3, 0.4) is 0 Å². The van der Waals surface area contributed by atoms with Gasteiger partial charge in [0.05, 0.1) is 0 Å². The average molecular weight is 514 g/mol. The predicted molar refractivity (Wildman–Crippen MR) is 133 cm³/mol. The van der Waals surface area contributed by atoms with E-state index in [0.717, 1.165) is 12.8 Å². The quantitative estimate of drug-likeness (QED) is 0.516. The van der Waals surface area contributed by atoms with Gasteiger partial charge in [0.25, 0.3) is 0 Å². The molecule has 1 saturated heterocycles. The standard InChI is InChI=1S/C25H30N2O3SeSi/c1-25(2,3)32(20-10-6-4-7-11-20,21-12-8-5-9-13-21)30-18-19-14-15-23(31-19)27-17-16-22(28)26-24(27)29/h4-13,16-17,19,23H,14-15,18H2,1-3H3,(H,26,28,29)/t19-,23-/m1/s1. The normalized spacial score (nSPS) is 19.2. The Morgan fingerprint density at radius 3 is 2.09 bits per heavy atom. The van der Waals surface area contributed by atoms with E-state index in [0.29, 0.717) is 11.4 Å². The van der Waals surface area contributed by atoms with Gasteiger partial charge >= 0.3 is 196 Å². The molecule has 1 aliphatic rings. The summed E-state index contributed by atoms with van der Waals surface area (Å²) >= 11 is 0.216. The molecule has 3 aromatic rings. The number of nitrogens with one attached hydrogen (secondary N) is 1. The molecule has 2 heterocycles. The fourth-order valence-electron chi connectivity index (χ4n) is 4.65. The first-order chi connectivity index (χ1) is 15.3. The fraction of sp³-hybridized carbons (Fsp3) is 0.360. The van der Waals surface area contributed by atoms with Crippen LogP contribution in [0.2, 0.25) is 9.85 Å². The van der Waals surface area contributed by atoms with Gasteiger partial charge in [0, 0.05) is 0 Å². The number of hydrogen-bond donors (Lipinski definition) is 1. The first-order valence-electron chi connectivity index (χ1n) is 11.0. The number of nitrogens with zero attached hydrogens (tertiary/aromatic N) is 1. The van der Waals surface area contributed by atoms with Gasteiger partial charge in [0.1, 0.15) is 0 Å². The Kier molecular flexibility index (Phi) is 6.72. The fourth-order valence-corrected chi connectivity index (χ4v) is 12.5. The second kappa shape index (κ2) is 9.36. The number of aromatic nitrogens is 2. The van der Waals surface area contributed by atoms with Crippen molar-refractivity contribution in [2.75, 3.05) is 6.61 Å². The van der Waals surface area contributed by atoms with Crippen LogP contribution in [0.1, 0.15) is 38.6 Å². The zero-order valence-electron chi connectivity index (χ0n) is 18.8. The van der Waals surface area contributed by atoms with Crippen molar-refractivity contribution < 1.29 is 4.43 Å². The molecule has 7 heteroatoms. The van der Waals surface area contributed by atoms with Crippen molar-refractivity contribution in [2.24, 2.45) is 0 Å². The molecule has 0 radical (unpaired) electrons. The van der Waals surface area contributed by atoms with Crippen LogP contribution in [0.15, 0.2) is 82.5 Å². The molecule has 0 bridgehead atoms. The third-order valence-electron chi connectivity index (χ3n) is 6.15. The number of rotatable bonds is 6. The zero-order chi connectivity index (χ0) is 22.8. The Bertz CT molecular complexity index is 1120. The molecule has 4 rings (SSSR count). The van der Waals surface area contributed by atoms with Gasteiger partial charge in [0.2, 0.25) is 0 Å². The monoisotopic (exact) mass is 514 g/mol. The first kappa shape index (κ1) is 23.0. The summed E-state index contributed by atoms with van der Waals surface area (Å²) in [6, 6.07) is 22.8. The molecule has 32 heavy (non-hydrogen) atoms. The Morgan fingerprint density at radius 2 is 1.56 bits per heavy atom.